The number of ether oxygens (including phenoxy) is 1. The van der Waals surface area contributed by atoms with Gasteiger partial charge in [0.1, 0.15) is 22.2 Å². The highest BCUT2D eigenvalue weighted by Gasteiger charge is 2.40. The van der Waals surface area contributed by atoms with Gasteiger partial charge in [0.25, 0.3) is 0 Å². The molecule has 0 saturated heterocycles. The van der Waals surface area contributed by atoms with E-state index in [1.807, 2.05) is 18.2 Å². The van der Waals surface area contributed by atoms with E-state index in [0.717, 1.165) is 46.7 Å². The molecule has 1 fully saturated rings. The van der Waals surface area contributed by atoms with Gasteiger partial charge in [0, 0.05) is 28.8 Å². The summed E-state index contributed by atoms with van der Waals surface area (Å²) < 4.78 is 5.28. The highest BCUT2D eigenvalue weighted by molar-refractivity contribution is 7.19. The largest absolute Gasteiger partial charge is 0.495 e. The summed E-state index contributed by atoms with van der Waals surface area (Å²) in [6.45, 7) is 0.591. The third-order valence-electron chi connectivity index (χ3n) is 7.51. The molecule has 8 heteroatoms. The number of carboxylic acid groups (broad SMARTS) is 1. The summed E-state index contributed by atoms with van der Waals surface area (Å²) in [5.41, 5.74) is 3.84. The maximum Gasteiger partial charge on any atom is 0.306 e. The summed E-state index contributed by atoms with van der Waals surface area (Å²) >= 11 is 8.14. The van der Waals surface area contributed by atoms with E-state index < -0.39 is 5.97 Å². The van der Waals surface area contributed by atoms with Gasteiger partial charge >= 0.3 is 5.97 Å². The number of anilines is 1. The van der Waals surface area contributed by atoms with Crippen LogP contribution in [0.3, 0.4) is 0 Å². The van der Waals surface area contributed by atoms with Gasteiger partial charge in [-0.15, -0.1) is 11.3 Å². The Kier molecular flexibility index (Phi) is 5.49. The van der Waals surface area contributed by atoms with Crippen LogP contribution in [0.15, 0.2) is 24.3 Å². The van der Waals surface area contributed by atoms with E-state index in [2.05, 4.69) is 11.4 Å². The molecule has 1 aromatic carbocycles. The number of methoxy groups -OCH3 is 1. The van der Waals surface area contributed by atoms with Crippen molar-refractivity contribution in [2.75, 3.05) is 12.4 Å². The van der Waals surface area contributed by atoms with Crippen molar-refractivity contribution in [1.29, 1.82) is 0 Å². The van der Waals surface area contributed by atoms with Crippen LogP contribution in [0.25, 0.3) is 15.8 Å². The van der Waals surface area contributed by atoms with Gasteiger partial charge in [-0.2, -0.15) is 0 Å². The number of hydrogen-bond acceptors (Lipinski definition) is 6. The number of allylic oxidation sites excluding steroid dienone is 2. The zero-order valence-corrected chi connectivity index (χ0v) is 20.5. The van der Waals surface area contributed by atoms with Crippen LogP contribution in [0.2, 0.25) is 5.02 Å². The van der Waals surface area contributed by atoms with Crippen molar-refractivity contribution in [3.05, 3.63) is 51.1 Å². The molecule has 34 heavy (non-hydrogen) atoms. The van der Waals surface area contributed by atoms with Crippen LogP contribution in [-0.2, 0) is 11.3 Å². The molecule has 3 aliphatic carbocycles. The maximum absolute atomic E-state index is 11.4. The number of benzene rings is 1. The highest BCUT2D eigenvalue weighted by Crippen LogP contribution is 2.59. The van der Waals surface area contributed by atoms with E-state index in [0.29, 0.717) is 36.1 Å². The van der Waals surface area contributed by atoms with Crippen molar-refractivity contribution < 1.29 is 14.6 Å². The summed E-state index contributed by atoms with van der Waals surface area (Å²) in [5, 5.41) is 14.7. The number of carboxylic acids is 1. The van der Waals surface area contributed by atoms with Gasteiger partial charge in [-0.1, -0.05) is 23.7 Å². The molecular weight excluding hydrogens is 470 g/mol. The molecule has 0 bridgehead atoms. The van der Waals surface area contributed by atoms with Crippen molar-refractivity contribution in [3.63, 3.8) is 0 Å². The third kappa shape index (κ3) is 3.57. The topological polar surface area (TPSA) is 84.3 Å². The smallest absolute Gasteiger partial charge is 0.306 e. The van der Waals surface area contributed by atoms with Gasteiger partial charge in [-0.3, -0.25) is 4.79 Å². The minimum Gasteiger partial charge on any atom is -0.495 e. The molecule has 176 valence electrons. The van der Waals surface area contributed by atoms with Crippen LogP contribution < -0.4 is 10.1 Å². The number of fused-ring (bicyclic) bond motifs is 6. The lowest BCUT2D eigenvalue weighted by atomic mass is 9.79. The Morgan fingerprint density at radius 2 is 2.06 bits per heavy atom. The molecule has 3 aromatic rings. The van der Waals surface area contributed by atoms with Gasteiger partial charge in [0.15, 0.2) is 0 Å². The van der Waals surface area contributed by atoms with E-state index in [9.17, 15) is 9.90 Å². The van der Waals surface area contributed by atoms with Gasteiger partial charge < -0.3 is 15.2 Å². The van der Waals surface area contributed by atoms with Gasteiger partial charge in [-0.25, -0.2) is 9.97 Å². The molecule has 6 rings (SSSR count). The first kappa shape index (κ1) is 21.9. The monoisotopic (exact) mass is 495 g/mol. The lowest BCUT2D eigenvalue weighted by Crippen LogP contribution is -2.21. The Balaban J connectivity index is 1.35. The molecule has 0 amide bonds. The summed E-state index contributed by atoms with van der Waals surface area (Å²) in [6, 6.07) is 5.80. The predicted octanol–water partition coefficient (Wildman–Crippen LogP) is 6.60. The van der Waals surface area contributed by atoms with E-state index in [4.69, 9.17) is 26.3 Å². The Morgan fingerprint density at radius 3 is 2.79 bits per heavy atom. The first-order valence-corrected chi connectivity index (χ1v) is 13.1. The number of nitrogens with zero attached hydrogens (tertiary/aromatic N) is 2. The van der Waals surface area contributed by atoms with E-state index in [1.165, 1.54) is 22.4 Å². The van der Waals surface area contributed by atoms with Crippen LogP contribution in [0.4, 0.5) is 5.82 Å². The van der Waals surface area contributed by atoms with Crippen LogP contribution in [0.5, 0.6) is 5.75 Å². The van der Waals surface area contributed by atoms with Crippen molar-refractivity contribution in [1.82, 2.24) is 9.97 Å². The van der Waals surface area contributed by atoms with E-state index >= 15 is 0 Å². The predicted molar refractivity (Wildman–Crippen MR) is 135 cm³/mol. The molecule has 1 atom stereocenters. The first-order chi connectivity index (χ1) is 16.5. The van der Waals surface area contributed by atoms with Gasteiger partial charge in [0.05, 0.1) is 23.4 Å². The first-order valence-electron chi connectivity index (χ1n) is 11.9. The molecule has 2 aromatic heterocycles. The van der Waals surface area contributed by atoms with Crippen molar-refractivity contribution >= 4 is 50.5 Å². The van der Waals surface area contributed by atoms with Crippen LogP contribution in [-0.4, -0.2) is 28.2 Å². The number of aliphatic carboxylic acids is 1. The molecule has 6 nitrogen and oxygen atoms in total. The number of nitrogens with one attached hydrogen (secondary N) is 1. The van der Waals surface area contributed by atoms with Crippen molar-refractivity contribution in [2.45, 2.75) is 56.9 Å². The Bertz CT molecular complexity index is 1330. The Labute approximate surface area is 207 Å². The SMILES string of the molecule is COc1ccc(CNc2nc(C3CCC(C(=O)O)CC3)nc3sc4c(c23)C2=CCCC24)cc1Cl. The number of rotatable bonds is 6. The fraction of sp³-hybridized carbons (Fsp3) is 0.423. The second-order valence-corrected chi connectivity index (χ2v) is 10.9. The highest BCUT2D eigenvalue weighted by atomic mass is 35.5. The second-order valence-electron chi connectivity index (χ2n) is 9.45. The Morgan fingerprint density at radius 1 is 1.24 bits per heavy atom. The van der Waals surface area contributed by atoms with Crippen LogP contribution >= 0.6 is 22.9 Å². The molecule has 0 aliphatic heterocycles. The molecule has 0 spiro atoms. The molecule has 1 unspecified atom stereocenters. The van der Waals surface area contributed by atoms with Crippen LogP contribution in [0, 0.1) is 5.92 Å². The summed E-state index contributed by atoms with van der Waals surface area (Å²) in [5.74, 6) is 2.20. The van der Waals surface area contributed by atoms with Crippen molar-refractivity contribution in [2.24, 2.45) is 5.92 Å². The lowest BCUT2D eigenvalue weighted by Gasteiger charge is -2.27. The zero-order valence-electron chi connectivity index (χ0n) is 18.9. The molecule has 0 radical (unpaired) electrons. The average Bonchev–Trinajstić information content (AvgIpc) is 3.40. The van der Waals surface area contributed by atoms with E-state index in [-0.39, 0.29) is 11.8 Å². The van der Waals surface area contributed by atoms with Gasteiger partial charge in [0.2, 0.25) is 0 Å². The summed E-state index contributed by atoms with van der Waals surface area (Å²) in [7, 11) is 1.61. The number of thiophene rings is 1. The van der Waals surface area contributed by atoms with Crippen LogP contribution in [0.1, 0.15) is 72.2 Å². The minimum atomic E-state index is -0.687. The fourth-order valence-electron chi connectivity index (χ4n) is 5.66. The Hall–Kier alpha value is -2.64. The quantitative estimate of drug-likeness (QED) is 0.401. The summed E-state index contributed by atoms with van der Waals surface area (Å²) in [6.07, 6.45) is 7.70. The number of aromatic nitrogens is 2. The summed E-state index contributed by atoms with van der Waals surface area (Å²) in [4.78, 5) is 23.9. The second kappa shape index (κ2) is 8.54. The average molecular weight is 496 g/mol. The number of carbonyl (C=O) groups is 1. The minimum absolute atomic E-state index is 0.199. The molecular formula is C26H26ClN3O3S. The number of hydrogen-bond donors (Lipinski definition) is 2. The normalized spacial score (nSPS) is 23.1. The fourth-order valence-corrected chi connectivity index (χ4v) is 7.29. The number of halogens is 1. The third-order valence-corrected chi connectivity index (χ3v) is 9.01. The molecule has 1 saturated carbocycles. The van der Waals surface area contributed by atoms with Crippen molar-refractivity contribution in [3.8, 4) is 5.75 Å². The van der Waals surface area contributed by atoms with Gasteiger partial charge in [-0.05, 0) is 61.8 Å². The lowest BCUT2D eigenvalue weighted by molar-refractivity contribution is -0.142. The molecule has 3 aliphatic rings. The standard InChI is InChI=1S/C26H26ClN3O3S/c1-33-19-10-5-13(11-18(19)27)12-28-24-21-20-16-3-2-4-17(16)22(20)34-25(21)30-23(29-24)14-6-8-15(9-7-14)26(31)32/h3,5,10-11,14-15,17H,2,4,6-9,12H2,1H3,(H,31,32)(H,28,29,30). The zero-order chi connectivity index (χ0) is 23.4. The molecule has 2 N–H and O–H groups in total. The maximum atomic E-state index is 11.4. The van der Waals surface area contributed by atoms with E-state index in [1.54, 1.807) is 18.4 Å². The molecule has 2 heterocycles.